The Kier molecular flexibility index (Phi) is 1.53. The number of hydrogen-bond donors (Lipinski definition) is 1. The molecule has 12 heavy (non-hydrogen) atoms. The van der Waals surface area contributed by atoms with E-state index in [4.69, 9.17) is 0 Å². The lowest BCUT2D eigenvalue weighted by atomic mass is 10.1. The predicted molar refractivity (Wildman–Crippen MR) is 42.8 cm³/mol. The molecule has 0 bridgehead atoms. The Bertz CT molecular complexity index is 335. The largest absolute Gasteiger partial charge is 0.352 e. The van der Waals surface area contributed by atoms with Gasteiger partial charge in [-0.25, -0.2) is 9.97 Å². The molecule has 2 heterocycles. The average Bonchev–Trinajstić information content (AvgIpc) is 2.04. The summed E-state index contributed by atoms with van der Waals surface area (Å²) in [7, 11) is 0. The molecule has 1 aromatic heterocycles. The van der Waals surface area contributed by atoms with E-state index < -0.39 is 0 Å². The maximum absolute atomic E-state index is 11.2. The second-order valence-corrected chi connectivity index (χ2v) is 2.78. The number of aryl methyl sites for hydroxylation is 1. The lowest BCUT2D eigenvalue weighted by Gasteiger charge is -2.14. The van der Waals surface area contributed by atoms with Gasteiger partial charge in [-0.15, -0.1) is 0 Å². The van der Waals surface area contributed by atoms with Crippen molar-refractivity contribution in [1.82, 2.24) is 15.3 Å². The summed E-state index contributed by atoms with van der Waals surface area (Å²) in [6.07, 6.45) is 2.40. The topological polar surface area (TPSA) is 54.9 Å². The van der Waals surface area contributed by atoms with E-state index in [0.717, 1.165) is 17.9 Å². The quantitative estimate of drug-likeness (QED) is 0.589. The molecule has 1 N–H and O–H groups in total. The summed E-state index contributed by atoms with van der Waals surface area (Å²) < 4.78 is 0. The van der Waals surface area contributed by atoms with Crippen LogP contribution in [0.5, 0.6) is 0 Å². The number of nitrogens with zero attached hydrogens (tertiary/aromatic N) is 2. The molecule has 1 aliphatic rings. The summed E-state index contributed by atoms with van der Waals surface area (Å²) in [5, 5.41) is 2.74. The summed E-state index contributed by atoms with van der Waals surface area (Å²) in [5.74, 6) is 0.666. The molecule has 4 nitrogen and oxygen atoms in total. The zero-order chi connectivity index (χ0) is 8.55. The molecule has 0 saturated carbocycles. The van der Waals surface area contributed by atoms with Crippen molar-refractivity contribution in [2.45, 2.75) is 13.3 Å². The van der Waals surface area contributed by atoms with E-state index in [9.17, 15) is 4.79 Å². The lowest BCUT2D eigenvalue weighted by Crippen LogP contribution is -2.32. The summed E-state index contributed by atoms with van der Waals surface area (Å²) >= 11 is 0. The van der Waals surface area contributed by atoms with Crippen molar-refractivity contribution in [2.24, 2.45) is 0 Å². The minimum atomic E-state index is -0.0590. The number of aromatic nitrogens is 2. The van der Waals surface area contributed by atoms with Crippen molar-refractivity contribution >= 4 is 5.91 Å². The highest BCUT2D eigenvalue weighted by atomic mass is 16.1. The molecule has 0 saturated heterocycles. The molecule has 62 valence electrons. The van der Waals surface area contributed by atoms with Crippen LogP contribution in [0.1, 0.15) is 21.9 Å². The van der Waals surface area contributed by atoms with E-state index in [1.807, 2.05) is 6.92 Å². The number of hydrogen-bond acceptors (Lipinski definition) is 3. The van der Waals surface area contributed by atoms with Crippen molar-refractivity contribution in [3.63, 3.8) is 0 Å². The maximum atomic E-state index is 11.2. The van der Waals surface area contributed by atoms with Crippen LogP contribution in [-0.4, -0.2) is 22.4 Å². The molecule has 1 aliphatic heterocycles. The summed E-state index contributed by atoms with van der Waals surface area (Å²) in [5.41, 5.74) is 1.48. The number of nitrogens with one attached hydrogen (secondary N) is 1. The molecular weight excluding hydrogens is 154 g/mol. The Morgan fingerprint density at radius 1 is 1.58 bits per heavy atom. The molecule has 4 heteroatoms. The van der Waals surface area contributed by atoms with Crippen LogP contribution in [0.25, 0.3) is 0 Å². The highest BCUT2D eigenvalue weighted by molar-refractivity contribution is 5.95. The lowest BCUT2D eigenvalue weighted by molar-refractivity contribution is 0.0944. The van der Waals surface area contributed by atoms with Crippen LogP contribution in [0.4, 0.5) is 0 Å². The van der Waals surface area contributed by atoms with E-state index >= 15 is 0 Å². The van der Waals surface area contributed by atoms with Gasteiger partial charge in [0, 0.05) is 19.2 Å². The molecule has 1 aromatic rings. The third kappa shape index (κ3) is 1.05. The van der Waals surface area contributed by atoms with Crippen molar-refractivity contribution in [1.29, 1.82) is 0 Å². The average molecular weight is 163 g/mol. The molecule has 0 aliphatic carbocycles. The molecule has 1 amide bonds. The standard InChI is InChI=1S/C8H9N3O/c1-5-10-4-6-7(11-5)2-3-9-8(6)12/h4H,2-3H2,1H3,(H,9,12). The van der Waals surface area contributed by atoms with Gasteiger partial charge in [0.2, 0.25) is 0 Å². The van der Waals surface area contributed by atoms with Crippen molar-refractivity contribution < 1.29 is 4.79 Å². The first-order valence-corrected chi connectivity index (χ1v) is 3.88. The van der Waals surface area contributed by atoms with Gasteiger partial charge in [-0.2, -0.15) is 0 Å². The second kappa shape index (κ2) is 2.55. The third-order valence-corrected chi connectivity index (χ3v) is 1.88. The SMILES string of the molecule is Cc1ncc2c(n1)CCNC2=O. The van der Waals surface area contributed by atoms with Crippen LogP contribution >= 0.6 is 0 Å². The van der Waals surface area contributed by atoms with Crippen LogP contribution in [0.15, 0.2) is 6.20 Å². The van der Waals surface area contributed by atoms with Crippen LogP contribution in [0.2, 0.25) is 0 Å². The van der Waals surface area contributed by atoms with Gasteiger partial charge in [0.05, 0.1) is 11.3 Å². The predicted octanol–water partition coefficient (Wildman–Crippen LogP) is 0.0709. The molecular formula is C8H9N3O. The van der Waals surface area contributed by atoms with Crippen LogP contribution < -0.4 is 5.32 Å². The molecule has 0 unspecified atom stereocenters. The first-order chi connectivity index (χ1) is 5.77. The first kappa shape index (κ1) is 7.21. The van der Waals surface area contributed by atoms with Gasteiger partial charge in [0.25, 0.3) is 5.91 Å². The Morgan fingerprint density at radius 2 is 2.42 bits per heavy atom. The molecule has 0 radical (unpaired) electrons. The van der Waals surface area contributed by atoms with Gasteiger partial charge in [-0.3, -0.25) is 4.79 Å². The number of fused-ring (bicyclic) bond motifs is 1. The number of carbonyl (C=O) groups is 1. The summed E-state index contributed by atoms with van der Waals surface area (Å²) in [4.78, 5) is 19.4. The smallest absolute Gasteiger partial charge is 0.254 e. The van der Waals surface area contributed by atoms with E-state index in [-0.39, 0.29) is 5.91 Å². The fourth-order valence-electron chi connectivity index (χ4n) is 1.29. The minimum Gasteiger partial charge on any atom is -0.352 e. The van der Waals surface area contributed by atoms with Crippen molar-refractivity contribution in [2.75, 3.05) is 6.54 Å². The van der Waals surface area contributed by atoms with Gasteiger partial charge >= 0.3 is 0 Å². The number of carbonyl (C=O) groups excluding carboxylic acids is 1. The van der Waals surface area contributed by atoms with Gasteiger partial charge in [0.1, 0.15) is 5.82 Å². The van der Waals surface area contributed by atoms with Gasteiger partial charge in [-0.1, -0.05) is 0 Å². The number of amides is 1. The van der Waals surface area contributed by atoms with Gasteiger partial charge < -0.3 is 5.32 Å². The molecule has 2 rings (SSSR count). The number of rotatable bonds is 0. The maximum Gasteiger partial charge on any atom is 0.254 e. The summed E-state index contributed by atoms with van der Waals surface area (Å²) in [6, 6.07) is 0. The van der Waals surface area contributed by atoms with E-state index in [2.05, 4.69) is 15.3 Å². The Hall–Kier alpha value is -1.45. The minimum absolute atomic E-state index is 0.0590. The fourth-order valence-corrected chi connectivity index (χ4v) is 1.29. The van der Waals surface area contributed by atoms with E-state index in [1.54, 1.807) is 6.20 Å². The van der Waals surface area contributed by atoms with Gasteiger partial charge in [0.15, 0.2) is 0 Å². The Balaban J connectivity index is 2.53. The molecule has 0 atom stereocenters. The highest BCUT2D eigenvalue weighted by Crippen LogP contribution is 2.09. The highest BCUT2D eigenvalue weighted by Gasteiger charge is 2.17. The van der Waals surface area contributed by atoms with Crippen LogP contribution in [0, 0.1) is 6.92 Å². The van der Waals surface area contributed by atoms with E-state index in [0.29, 0.717) is 12.1 Å². The van der Waals surface area contributed by atoms with Crippen molar-refractivity contribution in [3.05, 3.63) is 23.3 Å². The second-order valence-electron chi connectivity index (χ2n) is 2.78. The van der Waals surface area contributed by atoms with Gasteiger partial charge in [-0.05, 0) is 6.92 Å². The monoisotopic (exact) mass is 163 g/mol. The fraction of sp³-hybridized carbons (Fsp3) is 0.375. The van der Waals surface area contributed by atoms with E-state index in [1.165, 1.54) is 0 Å². The molecule has 0 aromatic carbocycles. The molecule has 0 spiro atoms. The van der Waals surface area contributed by atoms with Crippen LogP contribution in [-0.2, 0) is 6.42 Å². The zero-order valence-corrected chi connectivity index (χ0v) is 6.79. The first-order valence-electron chi connectivity index (χ1n) is 3.88. The normalized spacial score (nSPS) is 15.2. The third-order valence-electron chi connectivity index (χ3n) is 1.88. The summed E-state index contributed by atoms with van der Waals surface area (Å²) in [6.45, 7) is 2.51. The molecule has 0 fully saturated rings. The van der Waals surface area contributed by atoms with Crippen LogP contribution in [0.3, 0.4) is 0 Å². The Morgan fingerprint density at radius 3 is 3.25 bits per heavy atom. The van der Waals surface area contributed by atoms with Crippen molar-refractivity contribution in [3.8, 4) is 0 Å². The Labute approximate surface area is 70.0 Å². The zero-order valence-electron chi connectivity index (χ0n) is 6.79.